The molecule has 2 heterocycles. The Hall–Kier alpha value is -2.02. The van der Waals surface area contributed by atoms with E-state index in [9.17, 15) is 9.59 Å². The number of nitrogens with one attached hydrogen (secondary N) is 1. The Morgan fingerprint density at radius 1 is 1.37 bits per heavy atom. The molecular weight excluding hydrogens is 266 g/mol. The van der Waals surface area contributed by atoms with E-state index >= 15 is 0 Å². The van der Waals surface area contributed by atoms with Crippen LogP contribution in [0.15, 0.2) is 21.3 Å². The van der Waals surface area contributed by atoms with Crippen molar-refractivity contribution in [3.8, 4) is 0 Å². The highest BCUT2D eigenvalue weighted by atomic mass is 32.1. The van der Waals surface area contributed by atoms with Gasteiger partial charge in [0.05, 0.1) is 6.54 Å². The van der Waals surface area contributed by atoms with E-state index in [4.69, 9.17) is 4.42 Å². The van der Waals surface area contributed by atoms with Gasteiger partial charge in [0.25, 0.3) is 5.91 Å². The van der Waals surface area contributed by atoms with Crippen LogP contribution in [0.1, 0.15) is 33.3 Å². The van der Waals surface area contributed by atoms with Crippen molar-refractivity contribution in [2.75, 3.05) is 0 Å². The van der Waals surface area contributed by atoms with Crippen LogP contribution in [0, 0.1) is 6.92 Å². The van der Waals surface area contributed by atoms with Gasteiger partial charge < -0.3 is 9.73 Å². The molecule has 7 heteroatoms. The van der Waals surface area contributed by atoms with Gasteiger partial charge in [-0.05, 0) is 13.3 Å². The first-order chi connectivity index (χ1) is 9.08. The second kappa shape index (κ2) is 5.75. The number of amides is 1. The van der Waals surface area contributed by atoms with E-state index in [1.54, 1.807) is 6.92 Å². The van der Waals surface area contributed by atoms with Crippen molar-refractivity contribution in [3.63, 3.8) is 0 Å². The SMILES string of the molecule is CCc1nnc(CNC(=O)c2cc(=O)cc(C)o2)s1. The molecule has 0 fully saturated rings. The van der Waals surface area contributed by atoms with Crippen molar-refractivity contribution in [2.45, 2.75) is 26.8 Å². The molecule has 2 aromatic heterocycles. The summed E-state index contributed by atoms with van der Waals surface area (Å²) in [5.74, 6) is -0.0267. The Kier molecular flexibility index (Phi) is 4.06. The van der Waals surface area contributed by atoms with E-state index in [1.807, 2.05) is 6.92 Å². The molecule has 1 amide bonds. The summed E-state index contributed by atoms with van der Waals surface area (Å²) in [5, 5.41) is 12.2. The van der Waals surface area contributed by atoms with Gasteiger partial charge in [-0.2, -0.15) is 0 Å². The lowest BCUT2D eigenvalue weighted by molar-refractivity contribution is 0.0919. The molecule has 0 bridgehead atoms. The second-order valence-electron chi connectivity index (χ2n) is 3.89. The first kappa shape index (κ1) is 13.4. The molecular formula is C12H13N3O3S. The van der Waals surface area contributed by atoms with Crippen molar-refractivity contribution in [1.29, 1.82) is 0 Å². The molecule has 0 atom stereocenters. The Bertz CT molecular complexity index is 648. The van der Waals surface area contributed by atoms with Gasteiger partial charge in [-0.3, -0.25) is 9.59 Å². The standard InChI is InChI=1S/C12H13N3O3S/c1-3-10-14-15-11(19-10)6-13-12(17)9-5-8(16)4-7(2)18-9/h4-5H,3,6H2,1-2H3,(H,13,17). The number of aryl methyl sites for hydroxylation is 2. The van der Waals surface area contributed by atoms with Crippen molar-refractivity contribution >= 4 is 17.2 Å². The quantitative estimate of drug-likeness (QED) is 0.911. The maximum absolute atomic E-state index is 11.8. The molecule has 2 rings (SSSR count). The van der Waals surface area contributed by atoms with Gasteiger partial charge >= 0.3 is 0 Å². The molecule has 2 aromatic rings. The van der Waals surface area contributed by atoms with E-state index in [0.29, 0.717) is 5.76 Å². The Balaban J connectivity index is 2.03. The van der Waals surface area contributed by atoms with Crippen LogP contribution in [0.4, 0.5) is 0 Å². The van der Waals surface area contributed by atoms with E-state index in [-0.39, 0.29) is 17.7 Å². The number of carbonyl (C=O) groups is 1. The van der Waals surface area contributed by atoms with Gasteiger partial charge in [-0.15, -0.1) is 10.2 Å². The van der Waals surface area contributed by atoms with Crippen molar-refractivity contribution in [2.24, 2.45) is 0 Å². The largest absolute Gasteiger partial charge is 0.456 e. The van der Waals surface area contributed by atoms with Crippen LogP contribution >= 0.6 is 11.3 Å². The second-order valence-corrected chi connectivity index (χ2v) is 5.04. The highest BCUT2D eigenvalue weighted by molar-refractivity contribution is 7.11. The predicted octanol–water partition coefficient (Wildman–Crippen LogP) is 1.29. The minimum Gasteiger partial charge on any atom is -0.456 e. The molecule has 0 aliphatic carbocycles. The number of hydrogen-bond acceptors (Lipinski definition) is 6. The van der Waals surface area contributed by atoms with Gasteiger partial charge in [0.2, 0.25) is 0 Å². The summed E-state index contributed by atoms with van der Waals surface area (Å²) in [6.45, 7) is 3.88. The van der Waals surface area contributed by atoms with E-state index in [1.165, 1.54) is 23.5 Å². The van der Waals surface area contributed by atoms with E-state index in [2.05, 4.69) is 15.5 Å². The first-order valence-corrected chi connectivity index (χ1v) is 6.61. The average Bonchev–Trinajstić information content (AvgIpc) is 2.82. The molecule has 100 valence electrons. The molecule has 0 saturated heterocycles. The predicted molar refractivity (Wildman–Crippen MR) is 70.2 cm³/mol. The van der Waals surface area contributed by atoms with Gasteiger partial charge in [-0.1, -0.05) is 18.3 Å². The Labute approximate surface area is 113 Å². The lowest BCUT2D eigenvalue weighted by Crippen LogP contribution is -2.24. The molecule has 0 aliphatic rings. The normalized spacial score (nSPS) is 10.4. The fourth-order valence-corrected chi connectivity index (χ4v) is 2.19. The third kappa shape index (κ3) is 3.47. The molecule has 0 radical (unpaired) electrons. The smallest absolute Gasteiger partial charge is 0.287 e. The summed E-state index contributed by atoms with van der Waals surface area (Å²) in [5.41, 5.74) is -0.252. The van der Waals surface area contributed by atoms with Crippen LogP contribution in [-0.4, -0.2) is 16.1 Å². The van der Waals surface area contributed by atoms with Gasteiger partial charge in [-0.25, -0.2) is 0 Å². The maximum atomic E-state index is 11.8. The molecule has 0 unspecified atom stereocenters. The third-order valence-corrected chi connectivity index (χ3v) is 3.39. The molecule has 19 heavy (non-hydrogen) atoms. The number of rotatable bonds is 4. The van der Waals surface area contributed by atoms with Crippen molar-refractivity contribution in [3.05, 3.63) is 43.9 Å². The zero-order chi connectivity index (χ0) is 13.8. The zero-order valence-electron chi connectivity index (χ0n) is 10.6. The summed E-state index contributed by atoms with van der Waals surface area (Å²) in [7, 11) is 0. The van der Waals surface area contributed by atoms with Crippen LogP contribution < -0.4 is 10.7 Å². The summed E-state index contributed by atoms with van der Waals surface area (Å²) in [6.07, 6.45) is 0.818. The van der Waals surface area contributed by atoms with Crippen LogP contribution in [-0.2, 0) is 13.0 Å². The topological polar surface area (TPSA) is 85.1 Å². The molecule has 0 saturated carbocycles. The van der Waals surface area contributed by atoms with Crippen LogP contribution in [0.25, 0.3) is 0 Å². The first-order valence-electron chi connectivity index (χ1n) is 5.79. The fourth-order valence-electron chi connectivity index (χ4n) is 1.46. The molecule has 0 spiro atoms. The minimum atomic E-state index is -0.436. The van der Waals surface area contributed by atoms with E-state index < -0.39 is 5.91 Å². The Morgan fingerprint density at radius 2 is 2.11 bits per heavy atom. The lowest BCUT2D eigenvalue weighted by Gasteiger charge is -2.02. The maximum Gasteiger partial charge on any atom is 0.287 e. The molecule has 1 N–H and O–H groups in total. The highest BCUT2D eigenvalue weighted by Crippen LogP contribution is 2.10. The fraction of sp³-hybridized carbons (Fsp3) is 0.333. The third-order valence-electron chi connectivity index (χ3n) is 2.32. The van der Waals surface area contributed by atoms with E-state index in [0.717, 1.165) is 16.4 Å². The number of carbonyl (C=O) groups excluding carboxylic acids is 1. The molecule has 6 nitrogen and oxygen atoms in total. The van der Waals surface area contributed by atoms with Crippen LogP contribution in [0.5, 0.6) is 0 Å². The molecule has 0 aromatic carbocycles. The van der Waals surface area contributed by atoms with Crippen molar-refractivity contribution in [1.82, 2.24) is 15.5 Å². The minimum absolute atomic E-state index is 0.00484. The van der Waals surface area contributed by atoms with Crippen molar-refractivity contribution < 1.29 is 9.21 Å². The van der Waals surface area contributed by atoms with Gasteiger partial charge in [0.1, 0.15) is 15.8 Å². The summed E-state index contributed by atoms with van der Waals surface area (Å²) < 4.78 is 5.19. The Morgan fingerprint density at radius 3 is 2.74 bits per heavy atom. The number of hydrogen-bond donors (Lipinski definition) is 1. The highest BCUT2D eigenvalue weighted by Gasteiger charge is 2.11. The summed E-state index contributed by atoms with van der Waals surface area (Å²) in [6, 6.07) is 2.49. The summed E-state index contributed by atoms with van der Waals surface area (Å²) >= 11 is 1.45. The van der Waals surface area contributed by atoms with Gasteiger partial charge in [0, 0.05) is 12.1 Å². The number of nitrogens with zero attached hydrogens (tertiary/aromatic N) is 2. The monoisotopic (exact) mass is 279 g/mol. The van der Waals surface area contributed by atoms with Crippen LogP contribution in [0.3, 0.4) is 0 Å². The zero-order valence-corrected chi connectivity index (χ0v) is 11.4. The number of aromatic nitrogens is 2. The van der Waals surface area contributed by atoms with Crippen LogP contribution in [0.2, 0.25) is 0 Å². The molecule has 0 aliphatic heterocycles. The average molecular weight is 279 g/mol. The van der Waals surface area contributed by atoms with Gasteiger partial charge in [0.15, 0.2) is 11.2 Å². The summed E-state index contributed by atoms with van der Waals surface area (Å²) in [4.78, 5) is 23.1. The lowest BCUT2D eigenvalue weighted by atomic mass is 10.3.